The van der Waals surface area contributed by atoms with Gasteiger partial charge in [-0.3, -0.25) is 4.68 Å². The fraction of sp³-hybridized carbons (Fsp3) is 0.133. The largest absolute Gasteiger partial charge is 0.408 e. The maximum atomic E-state index is 12.4. The van der Waals surface area contributed by atoms with Crippen LogP contribution in [-0.2, 0) is 6.54 Å². The minimum Gasteiger partial charge on any atom is -0.327 e. The average molecular weight is 399 g/mol. The highest BCUT2D eigenvalue weighted by Crippen LogP contribution is 2.27. The summed E-state index contributed by atoms with van der Waals surface area (Å²) in [6.07, 6.45) is 0.0440. The Balaban J connectivity index is 1.52. The molecule has 0 radical (unpaired) electrons. The number of alkyl halides is 3. The molecule has 0 aliphatic rings. The first kappa shape index (κ1) is 16.9. The van der Waals surface area contributed by atoms with E-state index >= 15 is 0 Å². The maximum Gasteiger partial charge on any atom is 0.408 e. The second kappa shape index (κ2) is 6.29. The predicted octanol–water partition coefficient (Wildman–Crippen LogP) is 4.61. The first-order chi connectivity index (χ1) is 12.4. The smallest absolute Gasteiger partial charge is 0.327 e. The molecule has 0 atom stereocenters. The van der Waals surface area contributed by atoms with Gasteiger partial charge in [-0.2, -0.15) is 18.3 Å². The van der Waals surface area contributed by atoms with Crippen molar-refractivity contribution < 1.29 is 13.2 Å². The van der Waals surface area contributed by atoms with E-state index in [1.165, 1.54) is 23.7 Å². The van der Waals surface area contributed by atoms with E-state index in [0.29, 0.717) is 20.8 Å². The van der Waals surface area contributed by atoms with Gasteiger partial charge in [-0.25, -0.2) is 9.50 Å². The van der Waals surface area contributed by atoms with E-state index in [-0.39, 0.29) is 0 Å². The summed E-state index contributed by atoms with van der Waals surface area (Å²) in [6.45, 7) is -1.14. The SMILES string of the molecule is FC(F)(F)Cn1cc(Nc2nn3cc(-c4ccc(Cl)cc4)nc3s2)cn1. The number of nitrogens with one attached hydrogen (secondary N) is 1. The van der Waals surface area contributed by atoms with Crippen molar-refractivity contribution in [2.45, 2.75) is 12.7 Å². The summed E-state index contributed by atoms with van der Waals surface area (Å²) in [5, 5.41) is 12.1. The van der Waals surface area contributed by atoms with Crippen LogP contribution in [0, 0.1) is 0 Å². The van der Waals surface area contributed by atoms with Crippen molar-refractivity contribution in [3.8, 4) is 11.3 Å². The third-order valence-electron chi connectivity index (χ3n) is 3.41. The molecule has 0 bridgehead atoms. The van der Waals surface area contributed by atoms with Gasteiger partial charge in [-0.15, -0.1) is 5.10 Å². The number of anilines is 2. The molecular weight excluding hydrogens is 389 g/mol. The molecule has 0 saturated heterocycles. The fourth-order valence-electron chi connectivity index (χ4n) is 2.33. The minimum atomic E-state index is -4.32. The summed E-state index contributed by atoms with van der Waals surface area (Å²) in [4.78, 5) is 5.15. The molecule has 4 rings (SSSR count). The number of benzene rings is 1. The number of halogens is 4. The summed E-state index contributed by atoms with van der Waals surface area (Å²) in [6, 6.07) is 7.29. The van der Waals surface area contributed by atoms with Gasteiger partial charge in [0.25, 0.3) is 0 Å². The molecule has 26 heavy (non-hydrogen) atoms. The Labute approximate surface area is 153 Å². The van der Waals surface area contributed by atoms with Crippen LogP contribution in [0.5, 0.6) is 0 Å². The number of aromatic nitrogens is 5. The number of hydrogen-bond donors (Lipinski definition) is 1. The van der Waals surface area contributed by atoms with Crippen LogP contribution in [0.2, 0.25) is 5.02 Å². The van der Waals surface area contributed by atoms with Crippen molar-refractivity contribution in [1.29, 1.82) is 0 Å². The Morgan fingerprint density at radius 3 is 2.62 bits per heavy atom. The number of imidazole rings is 1. The van der Waals surface area contributed by atoms with Crippen molar-refractivity contribution in [2.24, 2.45) is 0 Å². The van der Waals surface area contributed by atoms with E-state index in [4.69, 9.17) is 11.6 Å². The molecule has 0 unspecified atom stereocenters. The summed E-state index contributed by atoms with van der Waals surface area (Å²) in [5.41, 5.74) is 2.09. The third-order valence-corrected chi connectivity index (χ3v) is 4.50. The highest BCUT2D eigenvalue weighted by Gasteiger charge is 2.28. The lowest BCUT2D eigenvalue weighted by atomic mass is 10.2. The summed E-state index contributed by atoms with van der Waals surface area (Å²) < 4.78 is 39.5. The van der Waals surface area contributed by atoms with Crippen LogP contribution < -0.4 is 5.32 Å². The fourth-order valence-corrected chi connectivity index (χ4v) is 3.26. The van der Waals surface area contributed by atoms with E-state index in [1.807, 2.05) is 12.1 Å². The molecule has 3 aromatic heterocycles. The van der Waals surface area contributed by atoms with Crippen molar-refractivity contribution >= 4 is 38.7 Å². The van der Waals surface area contributed by atoms with Crippen molar-refractivity contribution in [2.75, 3.05) is 5.32 Å². The molecule has 0 aliphatic heterocycles. The van der Waals surface area contributed by atoms with Gasteiger partial charge in [0.15, 0.2) is 0 Å². The van der Waals surface area contributed by atoms with Crippen LogP contribution in [-0.4, -0.2) is 30.6 Å². The molecule has 4 aromatic rings. The van der Waals surface area contributed by atoms with E-state index in [9.17, 15) is 13.2 Å². The van der Waals surface area contributed by atoms with E-state index < -0.39 is 12.7 Å². The molecule has 0 fully saturated rings. The topological polar surface area (TPSA) is 60.0 Å². The molecule has 0 aliphatic carbocycles. The molecule has 0 amide bonds. The van der Waals surface area contributed by atoms with Gasteiger partial charge >= 0.3 is 6.18 Å². The van der Waals surface area contributed by atoms with Gasteiger partial charge in [0.2, 0.25) is 10.1 Å². The first-order valence-electron chi connectivity index (χ1n) is 7.34. The summed E-state index contributed by atoms with van der Waals surface area (Å²) in [5.74, 6) is 0. The van der Waals surface area contributed by atoms with Gasteiger partial charge in [-0.1, -0.05) is 35.1 Å². The van der Waals surface area contributed by atoms with Gasteiger partial charge in [0.05, 0.1) is 23.8 Å². The van der Waals surface area contributed by atoms with E-state index in [1.54, 1.807) is 22.8 Å². The normalized spacial score (nSPS) is 12.0. The quantitative estimate of drug-likeness (QED) is 0.545. The molecule has 6 nitrogen and oxygen atoms in total. The molecular formula is C15H10ClF3N6S. The van der Waals surface area contributed by atoms with Crippen LogP contribution in [0.25, 0.3) is 16.2 Å². The van der Waals surface area contributed by atoms with Crippen LogP contribution >= 0.6 is 22.9 Å². The first-order valence-corrected chi connectivity index (χ1v) is 8.53. The second-order valence-corrected chi connectivity index (χ2v) is 6.83. The monoisotopic (exact) mass is 398 g/mol. The second-order valence-electron chi connectivity index (χ2n) is 5.43. The Bertz CT molecular complexity index is 1020. The number of fused-ring (bicyclic) bond motifs is 1. The van der Waals surface area contributed by atoms with Gasteiger partial charge in [0, 0.05) is 16.8 Å². The number of nitrogens with zero attached hydrogens (tertiary/aromatic N) is 5. The average Bonchev–Trinajstić information content (AvgIpc) is 3.22. The number of rotatable bonds is 4. The lowest BCUT2D eigenvalue weighted by Crippen LogP contribution is -2.17. The zero-order chi connectivity index (χ0) is 18.3. The molecule has 0 spiro atoms. The molecule has 1 N–H and O–H groups in total. The zero-order valence-corrected chi connectivity index (χ0v) is 14.5. The maximum absolute atomic E-state index is 12.4. The van der Waals surface area contributed by atoms with Gasteiger partial charge in [-0.05, 0) is 12.1 Å². The number of hydrogen-bond acceptors (Lipinski definition) is 5. The summed E-state index contributed by atoms with van der Waals surface area (Å²) in [7, 11) is 0. The molecule has 11 heteroatoms. The Morgan fingerprint density at radius 2 is 1.92 bits per heavy atom. The predicted molar refractivity (Wildman–Crippen MR) is 92.9 cm³/mol. The molecule has 134 valence electrons. The molecule has 3 heterocycles. The van der Waals surface area contributed by atoms with Crippen molar-refractivity contribution in [3.63, 3.8) is 0 Å². The zero-order valence-electron chi connectivity index (χ0n) is 12.9. The lowest BCUT2D eigenvalue weighted by Gasteiger charge is -2.04. The summed E-state index contributed by atoms with van der Waals surface area (Å²) >= 11 is 7.16. The molecule has 0 saturated carbocycles. The Morgan fingerprint density at radius 1 is 1.15 bits per heavy atom. The standard InChI is InChI=1S/C15H10ClF3N6S/c16-10-3-1-9(2-4-10)12-7-25-14(22-12)26-13(23-25)21-11-5-20-24(6-11)8-15(17,18)19/h1-7H,8H2,(H,21,23). The van der Waals surface area contributed by atoms with E-state index in [0.717, 1.165) is 15.9 Å². The van der Waals surface area contributed by atoms with Crippen molar-refractivity contribution in [1.82, 2.24) is 24.4 Å². The molecule has 1 aromatic carbocycles. The van der Waals surface area contributed by atoms with E-state index in [2.05, 4.69) is 20.5 Å². The van der Waals surface area contributed by atoms with Crippen LogP contribution in [0.4, 0.5) is 24.0 Å². The third kappa shape index (κ3) is 3.65. The Kier molecular flexibility index (Phi) is 4.08. The van der Waals surface area contributed by atoms with Crippen LogP contribution in [0.3, 0.4) is 0 Å². The minimum absolute atomic E-state index is 0.421. The highest BCUT2D eigenvalue weighted by atomic mass is 35.5. The van der Waals surface area contributed by atoms with Crippen LogP contribution in [0.1, 0.15) is 0 Å². The Hall–Kier alpha value is -2.59. The lowest BCUT2D eigenvalue weighted by molar-refractivity contribution is -0.142. The van der Waals surface area contributed by atoms with Gasteiger partial charge < -0.3 is 5.32 Å². The van der Waals surface area contributed by atoms with Crippen molar-refractivity contribution in [3.05, 3.63) is 47.9 Å². The highest BCUT2D eigenvalue weighted by molar-refractivity contribution is 7.20. The van der Waals surface area contributed by atoms with Crippen LogP contribution in [0.15, 0.2) is 42.9 Å². The van der Waals surface area contributed by atoms with Gasteiger partial charge in [0.1, 0.15) is 6.54 Å².